The van der Waals surface area contributed by atoms with Gasteiger partial charge >= 0.3 is 5.97 Å². The van der Waals surface area contributed by atoms with E-state index in [0.29, 0.717) is 6.61 Å². The molecule has 0 saturated heterocycles. The van der Waals surface area contributed by atoms with E-state index in [0.717, 1.165) is 5.56 Å². The molecule has 3 N–H and O–H groups in total. The van der Waals surface area contributed by atoms with E-state index in [-0.39, 0.29) is 12.4 Å². The number of nitrogens with one attached hydrogen (secondary N) is 1. The molecule has 20 heavy (non-hydrogen) atoms. The molecule has 1 unspecified atom stereocenters. The van der Waals surface area contributed by atoms with Gasteiger partial charge in [0, 0.05) is 12.0 Å². The van der Waals surface area contributed by atoms with Crippen molar-refractivity contribution in [3.05, 3.63) is 35.9 Å². The first-order valence-corrected chi connectivity index (χ1v) is 6.63. The number of rotatable bonds is 7. The monoisotopic (exact) mass is 278 g/mol. The highest BCUT2D eigenvalue weighted by atomic mass is 16.5. The van der Waals surface area contributed by atoms with E-state index in [2.05, 4.69) is 5.32 Å². The van der Waals surface area contributed by atoms with Crippen molar-refractivity contribution in [2.24, 2.45) is 5.73 Å². The van der Waals surface area contributed by atoms with Crippen LogP contribution < -0.4 is 11.1 Å². The first-order valence-electron chi connectivity index (χ1n) is 6.63. The zero-order valence-electron chi connectivity index (χ0n) is 12.2. The molecular weight excluding hydrogens is 256 g/mol. The first-order chi connectivity index (χ1) is 9.35. The first kappa shape index (κ1) is 16.2. The van der Waals surface area contributed by atoms with E-state index in [4.69, 9.17) is 10.5 Å². The van der Waals surface area contributed by atoms with Crippen molar-refractivity contribution >= 4 is 11.9 Å². The number of benzene rings is 1. The van der Waals surface area contributed by atoms with Crippen LogP contribution >= 0.6 is 0 Å². The van der Waals surface area contributed by atoms with E-state index in [1.54, 1.807) is 6.92 Å². The zero-order valence-corrected chi connectivity index (χ0v) is 12.2. The smallest absolute Gasteiger partial charge is 0.327 e. The minimum Gasteiger partial charge on any atom is -0.465 e. The Labute approximate surface area is 119 Å². The molecule has 1 rings (SSSR count). The fourth-order valence-electron chi connectivity index (χ4n) is 2.03. The molecule has 0 radical (unpaired) electrons. The van der Waals surface area contributed by atoms with Crippen molar-refractivity contribution in [2.75, 3.05) is 6.61 Å². The van der Waals surface area contributed by atoms with Gasteiger partial charge in [-0.25, -0.2) is 4.79 Å². The molecule has 5 nitrogen and oxygen atoms in total. The number of esters is 1. The lowest BCUT2D eigenvalue weighted by Crippen LogP contribution is -2.47. The van der Waals surface area contributed by atoms with E-state index in [9.17, 15) is 9.59 Å². The molecule has 1 amide bonds. The number of hydrogen-bond donors (Lipinski definition) is 2. The van der Waals surface area contributed by atoms with Crippen LogP contribution in [0.15, 0.2) is 30.3 Å². The highest BCUT2D eigenvalue weighted by Crippen LogP contribution is 2.20. The minimum atomic E-state index is -0.620. The van der Waals surface area contributed by atoms with E-state index < -0.39 is 17.5 Å². The van der Waals surface area contributed by atoms with Crippen LogP contribution in [0.25, 0.3) is 0 Å². The Morgan fingerprint density at radius 2 is 1.90 bits per heavy atom. The average Bonchev–Trinajstić information content (AvgIpc) is 2.36. The second-order valence-electron chi connectivity index (χ2n) is 5.27. The van der Waals surface area contributed by atoms with Crippen LogP contribution in [0.3, 0.4) is 0 Å². The van der Waals surface area contributed by atoms with Gasteiger partial charge in [0.25, 0.3) is 0 Å². The predicted octanol–water partition coefficient (Wildman–Crippen LogP) is 1.53. The van der Waals surface area contributed by atoms with Crippen molar-refractivity contribution in [2.45, 2.75) is 38.8 Å². The number of ether oxygens (including phenoxy) is 1. The summed E-state index contributed by atoms with van der Waals surface area (Å²) >= 11 is 0. The Hall–Kier alpha value is -1.88. The summed E-state index contributed by atoms with van der Waals surface area (Å²) in [7, 11) is 0. The third-order valence-corrected chi connectivity index (χ3v) is 2.81. The van der Waals surface area contributed by atoms with Gasteiger partial charge in [0.05, 0.1) is 6.61 Å². The third-order valence-electron chi connectivity index (χ3n) is 2.81. The second-order valence-corrected chi connectivity index (χ2v) is 5.27. The molecule has 0 aliphatic heterocycles. The lowest BCUT2D eigenvalue weighted by molar-refractivity contribution is -0.146. The van der Waals surface area contributed by atoms with Crippen molar-refractivity contribution < 1.29 is 14.3 Å². The molecule has 0 bridgehead atoms. The summed E-state index contributed by atoms with van der Waals surface area (Å²) < 4.78 is 5.09. The van der Waals surface area contributed by atoms with Crippen LogP contribution in [0.4, 0.5) is 0 Å². The van der Waals surface area contributed by atoms with Gasteiger partial charge in [-0.1, -0.05) is 30.3 Å². The Bertz CT molecular complexity index is 457. The van der Waals surface area contributed by atoms with Crippen molar-refractivity contribution in [3.8, 4) is 0 Å². The summed E-state index contributed by atoms with van der Waals surface area (Å²) in [4.78, 5) is 23.2. The number of nitrogens with two attached hydrogens (primary N) is 1. The summed E-state index contributed by atoms with van der Waals surface area (Å²) in [6.07, 6.45) is 0.135. The molecule has 0 spiro atoms. The molecule has 0 aliphatic carbocycles. The second kappa shape index (κ2) is 7.05. The largest absolute Gasteiger partial charge is 0.465 e. The highest BCUT2D eigenvalue weighted by molar-refractivity contribution is 5.78. The number of primary amides is 1. The molecule has 1 aromatic carbocycles. The Morgan fingerprint density at radius 3 is 2.40 bits per heavy atom. The summed E-state index contributed by atoms with van der Waals surface area (Å²) in [5.74, 6) is -0.783. The van der Waals surface area contributed by atoms with Crippen LogP contribution in [-0.4, -0.2) is 24.0 Å². The van der Waals surface area contributed by atoms with Crippen LogP contribution in [0.5, 0.6) is 0 Å². The molecule has 5 heteroatoms. The zero-order chi connectivity index (χ0) is 15.2. The molecule has 0 heterocycles. The van der Waals surface area contributed by atoms with Gasteiger partial charge in [0.15, 0.2) is 0 Å². The van der Waals surface area contributed by atoms with Crippen LogP contribution in [-0.2, 0) is 14.3 Å². The molecule has 0 saturated carbocycles. The van der Waals surface area contributed by atoms with Gasteiger partial charge < -0.3 is 10.5 Å². The van der Waals surface area contributed by atoms with E-state index >= 15 is 0 Å². The van der Waals surface area contributed by atoms with Crippen LogP contribution in [0.1, 0.15) is 38.8 Å². The van der Waals surface area contributed by atoms with Crippen LogP contribution in [0.2, 0.25) is 0 Å². The fourth-order valence-corrected chi connectivity index (χ4v) is 2.03. The highest BCUT2D eigenvalue weighted by Gasteiger charge is 2.30. The molecule has 1 atom stereocenters. The quantitative estimate of drug-likeness (QED) is 0.741. The van der Waals surface area contributed by atoms with Gasteiger partial charge in [0.2, 0.25) is 5.91 Å². The maximum atomic E-state index is 12.1. The minimum absolute atomic E-state index is 0.135. The molecule has 0 fully saturated rings. The Morgan fingerprint density at radius 1 is 1.30 bits per heavy atom. The standard InChI is InChI=1S/C15H22N2O3/c1-4-20-14(19)13(11-8-6-5-7-9-11)17-15(2,3)10-12(16)18/h5-9,13,17H,4,10H2,1-3H3,(H2,16,18). The molecule has 0 aliphatic rings. The molecular formula is C15H22N2O3. The Balaban J connectivity index is 2.94. The van der Waals surface area contributed by atoms with E-state index in [1.165, 1.54) is 0 Å². The third kappa shape index (κ3) is 5.01. The van der Waals surface area contributed by atoms with Crippen LogP contribution in [0, 0.1) is 0 Å². The number of hydrogen-bond acceptors (Lipinski definition) is 4. The van der Waals surface area contributed by atoms with Gasteiger partial charge in [-0.15, -0.1) is 0 Å². The summed E-state index contributed by atoms with van der Waals surface area (Å²) in [5, 5.41) is 3.15. The van der Waals surface area contributed by atoms with Gasteiger partial charge in [0.1, 0.15) is 6.04 Å². The lowest BCUT2D eigenvalue weighted by Gasteiger charge is -2.30. The summed E-state index contributed by atoms with van der Waals surface area (Å²) in [6.45, 7) is 5.72. The van der Waals surface area contributed by atoms with Crippen molar-refractivity contribution in [1.82, 2.24) is 5.32 Å². The van der Waals surface area contributed by atoms with Gasteiger partial charge in [-0.2, -0.15) is 0 Å². The van der Waals surface area contributed by atoms with Gasteiger partial charge in [-0.05, 0) is 26.3 Å². The van der Waals surface area contributed by atoms with Crippen molar-refractivity contribution in [1.29, 1.82) is 0 Å². The number of carbonyl (C=O) groups excluding carboxylic acids is 2. The van der Waals surface area contributed by atoms with Gasteiger partial charge in [-0.3, -0.25) is 10.1 Å². The molecule has 0 aromatic heterocycles. The SMILES string of the molecule is CCOC(=O)C(NC(C)(C)CC(N)=O)c1ccccc1. The maximum absolute atomic E-state index is 12.1. The van der Waals surface area contributed by atoms with E-state index in [1.807, 2.05) is 44.2 Å². The van der Waals surface area contributed by atoms with Crippen molar-refractivity contribution in [3.63, 3.8) is 0 Å². The number of carbonyl (C=O) groups is 2. The predicted molar refractivity (Wildman–Crippen MR) is 76.8 cm³/mol. The Kier molecular flexibility index (Phi) is 5.70. The average molecular weight is 278 g/mol. The number of amides is 1. The lowest BCUT2D eigenvalue weighted by atomic mass is 9.96. The maximum Gasteiger partial charge on any atom is 0.327 e. The summed E-state index contributed by atoms with van der Waals surface area (Å²) in [5.41, 5.74) is 5.43. The fraction of sp³-hybridized carbons (Fsp3) is 0.467. The normalized spacial score (nSPS) is 12.8. The molecule has 1 aromatic rings. The topological polar surface area (TPSA) is 81.4 Å². The summed E-state index contributed by atoms with van der Waals surface area (Å²) in [6, 6.07) is 8.64. The molecule has 110 valence electrons.